The van der Waals surface area contributed by atoms with E-state index < -0.39 is 5.82 Å². The third-order valence-corrected chi connectivity index (χ3v) is 4.64. The Bertz CT molecular complexity index is 865. The van der Waals surface area contributed by atoms with Crippen molar-refractivity contribution in [2.75, 3.05) is 6.61 Å². The van der Waals surface area contributed by atoms with Crippen LogP contribution in [0, 0.1) is 5.82 Å². The third kappa shape index (κ3) is 2.95. The van der Waals surface area contributed by atoms with Crippen LogP contribution in [0.15, 0.2) is 35.1 Å². The molecular formula is C17H15BrClFN2O. The number of fused-ring (bicyclic) bond motifs is 1. The summed E-state index contributed by atoms with van der Waals surface area (Å²) in [6.07, 6.45) is 3.61. The Labute approximate surface area is 147 Å². The molecule has 0 amide bonds. The normalized spacial score (nSPS) is 12.6. The van der Waals surface area contributed by atoms with E-state index in [-0.39, 0.29) is 10.9 Å². The van der Waals surface area contributed by atoms with E-state index in [0.717, 1.165) is 21.1 Å². The molecule has 0 spiro atoms. The average Bonchev–Trinajstić information content (AvgIpc) is 2.94. The number of pyridine rings is 1. The molecule has 3 nitrogen and oxygen atoms in total. The predicted octanol–water partition coefficient (Wildman–Crippen LogP) is 5.67. The molecule has 23 heavy (non-hydrogen) atoms. The second-order valence-corrected chi connectivity index (χ2v) is 6.52. The van der Waals surface area contributed by atoms with Crippen molar-refractivity contribution in [2.45, 2.75) is 19.8 Å². The third-order valence-electron chi connectivity index (χ3n) is 3.82. The van der Waals surface area contributed by atoms with Crippen molar-refractivity contribution in [1.82, 2.24) is 9.97 Å². The Balaban J connectivity index is 2.17. The molecule has 1 atom stereocenters. The fourth-order valence-electron chi connectivity index (χ4n) is 2.75. The molecule has 0 aliphatic carbocycles. The zero-order valence-electron chi connectivity index (χ0n) is 12.7. The number of aromatic amines is 1. The molecule has 0 saturated carbocycles. The van der Waals surface area contributed by atoms with E-state index in [1.807, 2.05) is 26.1 Å². The molecular weight excluding hydrogens is 383 g/mol. The van der Waals surface area contributed by atoms with Crippen molar-refractivity contribution in [3.8, 4) is 5.75 Å². The van der Waals surface area contributed by atoms with Gasteiger partial charge in [0, 0.05) is 33.7 Å². The lowest BCUT2D eigenvalue weighted by atomic mass is 9.92. The molecule has 0 aliphatic heterocycles. The lowest BCUT2D eigenvalue weighted by Crippen LogP contribution is -2.04. The Hall–Kier alpha value is -1.59. The second-order valence-electron chi connectivity index (χ2n) is 5.22. The van der Waals surface area contributed by atoms with E-state index in [1.165, 1.54) is 6.07 Å². The first kappa shape index (κ1) is 16.3. The van der Waals surface area contributed by atoms with Gasteiger partial charge in [-0.25, -0.2) is 9.37 Å². The summed E-state index contributed by atoms with van der Waals surface area (Å²) in [5, 5.41) is 1.07. The number of nitrogens with one attached hydrogen (secondary N) is 1. The number of benzene rings is 1. The standard InChI is InChI=1S/C17H15BrClFN2O/c1-3-23-14-5-4-13(20)16(19)15(14)9(2)12-8-22-17-11(12)6-10(18)7-21-17/h4-9H,3H2,1-2H3,(H,21,22). The van der Waals surface area contributed by atoms with Crippen LogP contribution in [-0.2, 0) is 0 Å². The van der Waals surface area contributed by atoms with Gasteiger partial charge < -0.3 is 9.72 Å². The van der Waals surface area contributed by atoms with Crippen LogP contribution >= 0.6 is 27.5 Å². The zero-order valence-corrected chi connectivity index (χ0v) is 15.0. The SMILES string of the molecule is CCOc1ccc(F)c(Cl)c1C(C)c1c[nH]c2ncc(Br)cc12. The predicted molar refractivity (Wildman–Crippen MR) is 93.9 cm³/mol. The number of hydrogen-bond donors (Lipinski definition) is 1. The summed E-state index contributed by atoms with van der Waals surface area (Å²) in [7, 11) is 0. The van der Waals surface area contributed by atoms with Gasteiger partial charge >= 0.3 is 0 Å². The molecule has 3 rings (SSSR count). The van der Waals surface area contributed by atoms with E-state index in [2.05, 4.69) is 25.9 Å². The molecule has 0 bridgehead atoms. The second kappa shape index (κ2) is 6.49. The minimum atomic E-state index is -0.448. The molecule has 2 heterocycles. The minimum Gasteiger partial charge on any atom is -0.494 e. The maximum atomic E-state index is 14.0. The van der Waals surface area contributed by atoms with E-state index >= 15 is 0 Å². The summed E-state index contributed by atoms with van der Waals surface area (Å²) in [4.78, 5) is 7.48. The van der Waals surface area contributed by atoms with Crippen LogP contribution < -0.4 is 4.74 Å². The van der Waals surface area contributed by atoms with Crippen LogP contribution in [0.2, 0.25) is 5.02 Å². The lowest BCUT2D eigenvalue weighted by Gasteiger charge is -2.18. The van der Waals surface area contributed by atoms with Crippen molar-refractivity contribution in [3.63, 3.8) is 0 Å². The van der Waals surface area contributed by atoms with Crippen LogP contribution in [0.5, 0.6) is 5.75 Å². The number of hydrogen-bond acceptors (Lipinski definition) is 2. The van der Waals surface area contributed by atoms with Gasteiger partial charge in [-0.1, -0.05) is 18.5 Å². The molecule has 3 aromatic rings. The first-order chi connectivity index (χ1) is 11.0. The van der Waals surface area contributed by atoms with E-state index in [0.29, 0.717) is 17.9 Å². The largest absolute Gasteiger partial charge is 0.494 e. The number of aromatic nitrogens is 2. The van der Waals surface area contributed by atoms with Crippen LogP contribution in [0.1, 0.15) is 30.9 Å². The van der Waals surface area contributed by atoms with Crippen molar-refractivity contribution < 1.29 is 9.13 Å². The number of halogens is 3. The average molecular weight is 398 g/mol. The summed E-state index contributed by atoms with van der Waals surface area (Å²) in [6, 6.07) is 4.94. The molecule has 0 fully saturated rings. The van der Waals surface area contributed by atoms with Gasteiger partial charge in [0.15, 0.2) is 0 Å². The highest BCUT2D eigenvalue weighted by Gasteiger charge is 2.23. The van der Waals surface area contributed by atoms with Crippen molar-refractivity contribution in [1.29, 1.82) is 0 Å². The van der Waals surface area contributed by atoms with Crippen LogP contribution in [0.3, 0.4) is 0 Å². The molecule has 1 aromatic carbocycles. The molecule has 120 valence electrons. The molecule has 6 heteroatoms. The van der Waals surface area contributed by atoms with E-state index in [4.69, 9.17) is 16.3 Å². The summed E-state index contributed by atoms with van der Waals surface area (Å²) < 4.78 is 20.5. The smallest absolute Gasteiger partial charge is 0.142 e. The summed E-state index contributed by atoms with van der Waals surface area (Å²) in [6.45, 7) is 4.35. The number of ether oxygens (including phenoxy) is 1. The highest BCUT2D eigenvalue weighted by atomic mass is 79.9. The molecule has 0 saturated heterocycles. The zero-order chi connectivity index (χ0) is 16.6. The molecule has 1 unspecified atom stereocenters. The maximum Gasteiger partial charge on any atom is 0.142 e. The van der Waals surface area contributed by atoms with E-state index in [1.54, 1.807) is 12.3 Å². The molecule has 0 aliphatic rings. The molecule has 0 radical (unpaired) electrons. The Morgan fingerprint density at radius 3 is 2.96 bits per heavy atom. The summed E-state index contributed by atoms with van der Waals surface area (Å²) >= 11 is 9.67. The topological polar surface area (TPSA) is 37.9 Å². The van der Waals surface area contributed by atoms with Gasteiger partial charge in [0.25, 0.3) is 0 Å². The Kier molecular flexibility index (Phi) is 4.60. The van der Waals surface area contributed by atoms with Gasteiger partial charge in [0.2, 0.25) is 0 Å². The fourth-order valence-corrected chi connectivity index (χ4v) is 3.40. The summed E-state index contributed by atoms with van der Waals surface area (Å²) in [5.74, 6) is 0.00409. The Morgan fingerprint density at radius 1 is 1.43 bits per heavy atom. The monoisotopic (exact) mass is 396 g/mol. The lowest BCUT2D eigenvalue weighted by molar-refractivity contribution is 0.335. The van der Waals surface area contributed by atoms with Gasteiger partial charge in [-0.15, -0.1) is 0 Å². The fraction of sp³-hybridized carbons (Fsp3) is 0.235. The maximum absolute atomic E-state index is 14.0. The van der Waals surface area contributed by atoms with Crippen LogP contribution in [0.25, 0.3) is 11.0 Å². The van der Waals surface area contributed by atoms with E-state index in [9.17, 15) is 4.39 Å². The minimum absolute atomic E-state index is 0.0979. The number of H-pyrrole nitrogens is 1. The Morgan fingerprint density at radius 2 is 2.22 bits per heavy atom. The van der Waals surface area contributed by atoms with Gasteiger partial charge in [0.1, 0.15) is 17.2 Å². The van der Waals surface area contributed by atoms with Crippen molar-refractivity contribution in [3.05, 3.63) is 57.0 Å². The summed E-state index contributed by atoms with van der Waals surface area (Å²) in [5.41, 5.74) is 2.41. The molecule has 1 N–H and O–H groups in total. The number of rotatable bonds is 4. The first-order valence-electron chi connectivity index (χ1n) is 7.26. The van der Waals surface area contributed by atoms with Crippen LogP contribution in [0.4, 0.5) is 4.39 Å². The van der Waals surface area contributed by atoms with Crippen LogP contribution in [-0.4, -0.2) is 16.6 Å². The van der Waals surface area contributed by atoms with Gasteiger partial charge in [-0.2, -0.15) is 0 Å². The van der Waals surface area contributed by atoms with Crippen molar-refractivity contribution in [2.24, 2.45) is 0 Å². The van der Waals surface area contributed by atoms with Gasteiger partial charge in [-0.3, -0.25) is 0 Å². The highest BCUT2D eigenvalue weighted by Crippen LogP contribution is 2.40. The highest BCUT2D eigenvalue weighted by molar-refractivity contribution is 9.10. The molecule has 2 aromatic heterocycles. The van der Waals surface area contributed by atoms with Gasteiger partial charge in [-0.05, 0) is 46.6 Å². The number of nitrogens with zero attached hydrogens (tertiary/aromatic N) is 1. The first-order valence-corrected chi connectivity index (χ1v) is 8.43. The quantitative estimate of drug-likeness (QED) is 0.616. The van der Waals surface area contributed by atoms with Gasteiger partial charge in [0.05, 0.1) is 11.6 Å². The van der Waals surface area contributed by atoms with Crippen molar-refractivity contribution >= 4 is 38.6 Å².